The van der Waals surface area contributed by atoms with Crippen LogP contribution in [0.15, 0.2) is 46.9 Å². The quantitative estimate of drug-likeness (QED) is 0.925. The fourth-order valence-electron chi connectivity index (χ4n) is 1.85. The van der Waals surface area contributed by atoms with Gasteiger partial charge < -0.3 is 10.2 Å². The smallest absolute Gasteiger partial charge is 0.0992 e. The van der Waals surface area contributed by atoms with E-state index in [1.165, 1.54) is 0 Å². The molecule has 2 aromatic carbocycles. The van der Waals surface area contributed by atoms with E-state index in [1.807, 2.05) is 55.4 Å². The Morgan fingerprint density at radius 1 is 1.16 bits per heavy atom. The molecule has 0 atom stereocenters. The molecule has 1 N–H and O–H groups in total. The van der Waals surface area contributed by atoms with Crippen molar-refractivity contribution in [2.24, 2.45) is 0 Å². The zero-order valence-corrected chi connectivity index (χ0v) is 12.4. The van der Waals surface area contributed by atoms with Gasteiger partial charge in [0.25, 0.3) is 0 Å². The first-order valence-electron chi connectivity index (χ1n) is 5.84. The van der Waals surface area contributed by atoms with Crippen molar-refractivity contribution in [1.29, 1.82) is 5.26 Å². The fourth-order valence-corrected chi connectivity index (χ4v) is 2.34. The summed E-state index contributed by atoms with van der Waals surface area (Å²) in [5.74, 6) is 0. The van der Waals surface area contributed by atoms with Gasteiger partial charge in [-0.15, -0.1) is 0 Å². The molecule has 0 saturated heterocycles. The molecule has 0 heterocycles. The molecule has 19 heavy (non-hydrogen) atoms. The molecule has 0 amide bonds. The molecule has 0 aliphatic rings. The minimum absolute atomic E-state index is 0.624. The third-order valence-corrected chi connectivity index (χ3v) is 3.15. The highest BCUT2D eigenvalue weighted by atomic mass is 79.9. The first-order chi connectivity index (χ1) is 9.10. The second-order valence-corrected chi connectivity index (χ2v) is 5.29. The lowest BCUT2D eigenvalue weighted by atomic mass is 10.2. The van der Waals surface area contributed by atoms with Gasteiger partial charge in [0.1, 0.15) is 0 Å². The highest BCUT2D eigenvalue weighted by molar-refractivity contribution is 9.10. The van der Waals surface area contributed by atoms with Crippen LogP contribution in [0.5, 0.6) is 0 Å². The zero-order valence-electron chi connectivity index (χ0n) is 10.8. The number of para-hydroxylation sites is 2. The summed E-state index contributed by atoms with van der Waals surface area (Å²) >= 11 is 3.41. The lowest BCUT2D eigenvalue weighted by Crippen LogP contribution is -2.10. The second-order valence-electron chi connectivity index (χ2n) is 4.38. The highest BCUT2D eigenvalue weighted by Crippen LogP contribution is 2.29. The standard InChI is InChI=1S/C15H14BrN3/c1-19(2)15-6-4-3-5-14(15)18-13-8-11(10-17)7-12(16)9-13/h3-9,18H,1-2H3. The van der Waals surface area contributed by atoms with Crippen LogP contribution in [0.3, 0.4) is 0 Å². The van der Waals surface area contributed by atoms with Gasteiger partial charge in [-0.3, -0.25) is 0 Å². The summed E-state index contributed by atoms with van der Waals surface area (Å²) in [6.07, 6.45) is 0. The van der Waals surface area contributed by atoms with Gasteiger partial charge >= 0.3 is 0 Å². The van der Waals surface area contributed by atoms with Crippen LogP contribution in [-0.4, -0.2) is 14.1 Å². The van der Waals surface area contributed by atoms with Crippen LogP contribution in [0.4, 0.5) is 17.1 Å². The van der Waals surface area contributed by atoms with Crippen molar-refractivity contribution in [2.75, 3.05) is 24.3 Å². The van der Waals surface area contributed by atoms with Gasteiger partial charge in [0.15, 0.2) is 0 Å². The molecule has 0 radical (unpaired) electrons. The van der Waals surface area contributed by atoms with Crippen molar-refractivity contribution >= 4 is 33.0 Å². The van der Waals surface area contributed by atoms with Gasteiger partial charge in [-0.25, -0.2) is 0 Å². The summed E-state index contributed by atoms with van der Waals surface area (Å²) in [6, 6.07) is 15.8. The van der Waals surface area contributed by atoms with E-state index in [-0.39, 0.29) is 0 Å². The number of nitrogens with one attached hydrogen (secondary N) is 1. The number of anilines is 3. The van der Waals surface area contributed by atoms with Crippen LogP contribution >= 0.6 is 15.9 Å². The molecule has 3 nitrogen and oxygen atoms in total. The second kappa shape index (κ2) is 5.77. The minimum Gasteiger partial charge on any atom is -0.376 e. The molecule has 0 aliphatic carbocycles. The Hall–Kier alpha value is -1.99. The lowest BCUT2D eigenvalue weighted by molar-refractivity contribution is 1.13. The van der Waals surface area contributed by atoms with Crippen molar-refractivity contribution in [3.05, 3.63) is 52.5 Å². The molecule has 0 bridgehead atoms. The third kappa shape index (κ3) is 3.27. The number of hydrogen-bond acceptors (Lipinski definition) is 3. The van der Waals surface area contributed by atoms with Gasteiger partial charge in [0.2, 0.25) is 0 Å². The van der Waals surface area contributed by atoms with Gasteiger partial charge in [0.05, 0.1) is 23.0 Å². The van der Waals surface area contributed by atoms with E-state index in [2.05, 4.69) is 27.3 Å². The van der Waals surface area contributed by atoms with E-state index >= 15 is 0 Å². The maximum atomic E-state index is 8.99. The molecular formula is C15H14BrN3. The van der Waals surface area contributed by atoms with E-state index in [9.17, 15) is 0 Å². The average molecular weight is 316 g/mol. The van der Waals surface area contributed by atoms with Crippen molar-refractivity contribution in [2.45, 2.75) is 0 Å². The molecule has 0 spiro atoms. The van der Waals surface area contributed by atoms with Gasteiger partial charge in [-0.2, -0.15) is 5.26 Å². The topological polar surface area (TPSA) is 39.1 Å². The molecule has 4 heteroatoms. The Bertz CT molecular complexity index is 630. The molecule has 0 unspecified atom stereocenters. The van der Waals surface area contributed by atoms with E-state index in [0.29, 0.717) is 5.56 Å². The maximum Gasteiger partial charge on any atom is 0.0992 e. The molecule has 0 fully saturated rings. The maximum absolute atomic E-state index is 8.99. The minimum atomic E-state index is 0.624. The Morgan fingerprint density at radius 2 is 1.89 bits per heavy atom. The first kappa shape index (κ1) is 13.4. The van der Waals surface area contributed by atoms with Crippen LogP contribution < -0.4 is 10.2 Å². The van der Waals surface area contributed by atoms with Gasteiger partial charge in [-0.05, 0) is 30.3 Å². The predicted octanol–water partition coefficient (Wildman–Crippen LogP) is 4.13. The summed E-state index contributed by atoms with van der Waals surface area (Å²) in [4.78, 5) is 2.05. The molecule has 2 aromatic rings. The van der Waals surface area contributed by atoms with E-state index < -0.39 is 0 Å². The number of nitriles is 1. The predicted molar refractivity (Wildman–Crippen MR) is 82.9 cm³/mol. The summed E-state index contributed by atoms with van der Waals surface area (Å²) in [5.41, 5.74) is 3.62. The Balaban J connectivity index is 2.37. The van der Waals surface area contributed by atoms with Crippen molar-refractivity contribution < 1.29 is 0 Å². The summed E-state index contributed by atoms with van der Waals surface area (Å²) in [6.45, 7) is 0. The van der Waals surface area contributed by atoms with Gasteiger partial charge in [0, 0.05) is 24.3 Å². The largest absolute Gasteiger partial charge is 0.376 e. The van der Waals surface area contributed by atoms with E-state index in [0.717, 1.165) is 21.5 Å². The number of rotatable bonds is 3. The van der Waals surface area contributed by atoms with Gasteiger partial charge in [-0.1, -0.05) is 28.1 Å². The molecular weight excluding hydrogens is 302 g/mol. The van der Waals surface area contributed by atoms with Crippen LogP contribution in [0.1, 0.15) is 5.56 Å². The van der Waals surface area contributed by atoms with Crippen LogP contribution in [0, 0.1) is 11.3 Å². The normalized spacial score (nSPS) is 9.79. The number of nitrogens with zero attached hydrogens (tertiary/aromatic N) is 2. The average Bonchev–Trinajstić information content (AvgIpc) is 2.38. The molecule has 96 valence electrons. The zero-order chi connectivity index (χ0) is 13.8. The molecule has 0 aromatic heterocycles. The lowest BCUT2D eigenvalue weighted by Gasteiger charge is -2.18. The SMILES string of the molecule is CN(C)c1ccccc1Nc1cc(Br)cc(C#N)c1. The van der Waals surface area contributed by atoms with Crippen molar-refractivity contribution in [3.63, 3.8) is 0 Å². The first-order valence-corrected chi connectivity index (χ1v) is 6.63. The summed E-state index contributed by atoms with van der Waals surface area (Å²) in [7, 11) is 4.00. The summed E-state index contributed by atoms with van der Waals surface area (Å²) in [5, 5.41) is 12.3. The Kier molecular flexibility index (Phi) is 4.08. The van der Waals surface area contributed by atoms with Crippen LogP contribution in [0.2, 0.25) is 0 Å². The Morgan fingerprint density at radius 3 is 2.58 bits per heavy atom. The molecule has 0 saturated carbocycles. The molecule has 0 aliphatic heterocycles. The highest BCUT2D eigenvalue weighted by Gasteiger charge is 2.05. The van der Waals surface area contributed by atoms with Crippen LogP contribution in [-0.2, 0) is 0 Å². The van der Waals surface area contributed by atoms with E-state index in [1.54, 1.807) is 6.07 Å². The number of halogens is 1. The fraction of sp³-hybridized carbons (Fsp3) is 0.133. The number of hydrogen-bond donors (Lipinski definition) is 1. The Labute approximate surface area is 121 Å². The number of benzene rings is 2. The monoisotopic (exact) mass is 315 g/mol. The summed E-state index contributed by atoms with van der Waals surface area (Å²) < 4.78 is 0.886. The van der Waals surface area contributed by atoms with E-state index in [4.69, 9.17) is 5.26 Å². The van der Waals surface area contributed by atoms with Crippen LogP contribution in [0.25, 0.3) is 0 Å². The van der Waals surface area contributed by atoms with Crippen molar-refractivity contribution in [1.82, 2.24) is 0 Å². The third-order valence-electron chi connectivity index (χ3n) is 2.69. The molecule has 2 rings (SSSR count). The van der Waals surface area contributed by atoms with Crippen molar-refractivity contribution in [3.8, 4) is 6.07 Å².